The van der Waals surface area contributed by atoms with Crippen LogP contribution in [0.5, 0.6) is 0 Å². The number of nitrogens with zero attached hydrogens (tertiary/aromatic N) is 5. The average Bonchev–Trinajstić information content (AvgIpc) is 3.38. The summed E-state index contributed by atoms with van der Waals surface area (Å²) in [5, 5.41) is 4.19. The van der Waals surface area contributed by atoms with Crippen molar-refractivity contribution in [2.75, 3.05) is 46.4 Å². The zero-order valence-corrected chi connectivity index (χ0v) is 21.8. The number of ether oxygens (including phenoxy) is 1. The zero-order valence-electron chi connectivity index (χ0n) is 21.0. The molecule has 3 atom stereocenters. The normalized spacial score (nSPS) is 26.1. The van der Waals surface area contributed by atoms with E-state index in [4.69, 9.17) is 21.3 Å². The molecule has 0 aliphatic carbocycles. The van der Waals surface area contributed by atoms with Crippen LogP contribution >= 0.6 is 11.6 Å². The summed E-state index contributed by atoms with van der Waals surface area (Å²) >= 11 is 6.34. The highest BCUT2D eigenvalue weighted by Gasteiger charge is 2.40. The maximum Gasteiger partial charge on any atom is 0.320 e. The lowest BCUT2D eigenvalue weighted by Crippen LogP contribution is -2.57. The molecular weight excluding hydrogens is 490 g/mol. The molecule has 3 saturated heterocycles. The number of morpholine rings is 1. The molecule has 194 valence electrons. The number of nitrogens with one attached hydrogen (secondary N) is 2. The predicted octanol–water partition coefficient (Wildman–Crippen LogP) is 3.20. The molecule has 2 amide bonds. The second-order valence-corrected chi connectivity index (χ2v) is 11.2. The summed E-state index contributed by atoms with van der Waals surface area (Å²) in [6, 6.07) is 5.66. The van der Waals surface area contributed by atoms with E-state index >= 15 is 0 Å². The van der Waals surface area contributed by atoms with E-state index in [2.05, 4.69) is 44.3 Å². The highest BCUT2D eigenvalue weighted by atomic mass is 35.5. The minimum atomic E-state index is 0.0736. The predicted molar refractivity (Wildman–Crippen MR) is 142 cm³/mol. The first-order chi connectivity index (χ1) is 18.0. The number of hydrogen-bond donors (Lipinski definition) is 2. The first kappa shape index (κ1) is 23.4. The number of halogens is 1. The zero-order chi connectivity index (χ0) is 25.1. The molecule has 2 aromatic heterocycles. The van der Waals surface area contributed by atoms with E-state index in [1.165, 1.54) is 29.5 Å². The van der Waals surface area contributed by atoms with Crippen molar-refractivity contribution in [1.82, 2.24) is 35.0 Å². The molecule has 0 saturated carbocycles. The van der Waals surface area contributed by atoms with Crippen LogP contribution in [-0.4, -0.2) is 94.2 Å². The second-order valence-electron chi connectivity index (χ2n) is 10.8. The molecule has 4 aliphatic rings. The number of benzene rings is 1. The van der Waals surface area contributed by atoms with Gasteiger partial charge < -0.3 is 24.8 Å². The molecule has 6 heterocycles. The number of aromatic nitrogens is 3. The van der Waals surface area contributed by atoms with Crippen LogP contribution in [-0.2, 0) is 17.7 Å². The average molecular weight is 522 g/mol. The van der Waals surface area contributed by atoms with Gasteiger partial charge in [0.1, 0.15) is 5.52 Å². The van der Waals surface area contributed by atoms with E-state index in [1.54, 1.807) is 12.4 Å². The summed E-state index contributed by atoms with van der Waals surface area (Å²) in [5.41, 5.74) is 6.85. The first-order valence-electron chi connectivity index (χ1n) is 13.3. The molecule has 0 spiro atoms. The van der Waals surface area contributed by atoms with Crippen LogP contribution in [0.25, 0.3) is 22.4 Å². The number of hydrogen-bond acceptors (Lipinski definition) is 6. The van der Waals surface area contributed by atoms with Crippen LogP contribution in [0.4, 0.5) is 4.79 Å². The van der Waals surface area contributed by atoms with E-state index in [-0.39, 0.29) is 12.1 Å². The fourth-order valence-electron chi connectivity index (χ4n) is 6.56. The van der Waals surface area contributed by atoms with E-state index in [1.807, 2.05) is 4.90 Å². The van der Waals surface area contributed by atoms with Crippen molar-refractivity contribution in [2.24, 2.45) is 0 Å². The number of fused-ring (bicyclic) bond motifs is 4. The Kier molecular flexibility index (Phi) is 5.84. The van der Waals surface area contributed by atoms with Gasteiger partial charge in [-0.25, -0.2) is 14.8 Å². The Labute approximate surface area is 221 Å². The summed E-state index contributed by atoms with van der Waals surface area (Å²) in [6.07, 6.45) is 6.71. The molecule has 10 heteroatoms. The molecule has 2 bridgehead atoms. The summed E-state index contributed by atoms with van der Waals surface area (Å²) in [5.74, 6) is 0. The van der Waals surface area contributed by atoms with Crippen LogP contribution in [0.3, 0.4) is 0 Å². The third kappa shape index (κ3) is 4.09. The largest absolute Gasteiger partial charge is 0.378 e. The minimum Gasteiger partial charge on any atom is -0.378 e. The lowest BCUT2D eigenvalue weighted by atomic mass is 9.88. The van der Waals surface area contributed by atoms with Crippen molar-refractivity contribution >= 4 is 28.8 Å². The summed E-state index contributed by atoms with van der Waals surface area (Å²) < 4.78 is 5.84. The van der Waals surface area contributed by atoms with Crippen molar-refractivity contribution in [3.8, 4) is 11.3 Å². The number of amides is 2. The maximum atomic E-state index is 13.7. The first-order valence-corrected chi connectivity index (χ1v) is 13.7. The van der Waals surface area contributed by atoms with E-state index in [9.17, 15) is 4.79 Å². The van der Waals surface area contributed by atoms with Gasteiger partial charge in [0.2, 0.25) is 0 Å². The number of urea groups is 1. The van der Waals surface area contributed by atoms with Crippen molar-refractivity contribution in [1.29, 1.82) is 0 Å². The molecular formula is C27H32ClN7O2. The van der Waals surface area contributed by atoms with Crippen LogP contribution in [0.1, 0.15) is 35.6 Å². The quantitative estimate of drug-likeness (QED) is 0.538. The SMILES string of the molecule is CN1C2CCC1CN(C(=O)N1CCc3cc(-c4cnc5[nH]cc(Cl)c5n4)cc([C@@H]4COCCN4)c3C1)C2. The summed E-state index contributed by atoms with van der Waals surface area (Å²) in [6.45, 7) is 5.14. The molecule has 7 rings (SSSR count). The van der Waals surface area contributed by atoms with E-state index in [0.29, 0.717) is 48.0 Å². The Hall–Kier alpha value is -2.72. The van der Waals surface area contributed by atoms with Crippen LogP contribution < -0.4 is 5.32 Å². The minimum absolute atomic E-state index is 0.0736. The standard InChI is InChI=1S/C27H32ClN7O2/c1-33-18-2-3-19(33)13-35(12-18)27(36)34-6-4-16-8-17(23-11-31-26-25(32-23)22(28)10-30-26)9-20(21(16)14-34)24-15-37-7-5-29-24/h8-11,18-19,24,29H,2-7,12-15H2,1H3,(H,30,31)/t18?,19?,24-/m0/s1. The van der Waals surface area contributed by atoms with E-state index in [0.717, 1.165) is 43.9 Å². The van der Waals surface area contributed by atoms with Gasteiger partial charge >= 0.3 is 6.03 Å². The maximum absolute atomic E-state index is 13.7. The van der Waals surface area contributed by atoms with Gasteiger partial charge in [0.25, 0.3) is 0 Å². The lowest BCUT2D eigenvalue weighted by molar-refractivity contribution is 0.0750. The Morgan fingerprint density at radius 3 is 2.81 bits per heavy atom. The Morgan fingerprint density at radius 1 is 1.19 bits per heavy atom. The third-order valence-electron chi connectivity index (χ3n) is 8.69. The Balaban J connectivity index is 1.22. The van der Waals surface area contributed by atoms with Crippen LogP contribution in [0.15, 0.2) is 24.5 Å². The molecule has 3 aromatic rings. The summed E-state index contributed by atoms with van der Waals surface area (Å²) in [7, 11) is 2.20. The van der Waals surface area contributed by atoms with Gasteiger partial charge in [-0.3, -0.25) is 4.90 Å². The molecule has 3 fully saturated rings. The monoisotopic (exact) mass is 521 g/mol. The van der Waals surface area contributed by atoms with Gasteiger partial charge in [0.15, 0.2) is 5.65 Å². The van der Waals surface area contributed by atoms with E-state index < -0.39 is 0 Å². The number of carbonyl (C=O) groups is 1. The molecule has 2 N–H and O–H groups in total. The number of carbonyl (C=O) groups excluding carboxylic acids is 1. The van der Waals surface area contributed by atoms with Gasteiger partial charge in [0, 0.05) is 56.6 Å². The van der Waals surface area contributed by atoms with Gasteiger partial charge in [-0.2, -0.15) is 0 Å². The van der Waals surface area contributed by atoms with Gasteiger partial charge in [0.05, 0.1) is 36.2 Å². The number of likely N-dealkylation sites (tertiary alicyclic amines) is 1. The van der Waals surface area contributed by atoms with Crippen LogP contribution in [0, 0.1) is 0 Å². The summed E-state index contributed by atoms with van der Waals surface area (Å²) in [4.78, 5) is 32.7. The number of rotatable bonds is 2. The fourth-order valence-corrected chi connectivity index (χ4v) is 6.74. The number of H-pyrrole nitrogens is 1. The smallest absolute Gasteiger partial charge is 0.320 e. The van der Waals surface area contributed by atoms with Crippen molar-refractivity contribution in [2.45, 2.75) is 43.9 Å². The third-order valence-corrected chi connectivity index (χ3v) is 8.98. The highest BCUT2D eigenvalue weighted by molar-refractivity contribution is 6.34. The molecule has 1 aromatic carbocycles. The van der Waals surface area contributed by atoms with Gasteiger partial charge in [-0.1, -0.05) is 11.6 Å². The highest BCUT2D eigenvalue weighted by Crippen LogP contribution is 2.35. The van der Waals surface area contributed by atoms with Crippen LogP contribution in [0.2, 0.25) is 5.02 Å². The van der Waals surface area contributed by atoms with Crippen molar-refractivity contribution in [3.05, 3.63) is 46.2 Å². The molecule has 4 aliphatic heterocycles. The van der Waals surface area contributed by atoms with Gasteiger partial charge in [-0.15, -0.1) is 0 Å². The lowest BCUT2D eigenvalue weighted by Gasteiger charge is -2.42. The van der Waals surface area contributed by atoms with Gasteiger partial charge in [-0.05, 0) is 55.1 Å². The van der Waals surface area contributed by atoms with Crippen molar-refractivity contribution in [3.63, 3.8) is 0 Å². The molecule has 0 radical (unpaired) electrons. The molecule has 9 nitrogen and oxygen atoms in total. The number of aromatic amines is 1. The Morgan fingerprint density at radius 2 is 2.03 bits per heavy atom. The number of likely N-dealkylation sites (N-methyl/N-ethyl adjacent to an activating group) is 1. The molecule has 37 heavy (non-hydrogen) atoms. The second kappa shape index (κ2) is 9.23. The van der Waals surface area contributed by atoms with Crippen molar-refractivity contribution < 1.29 is 9.53 Å². The fraction of sp³-hybridized carbons (Fsp3) is 0.519. The molecule has 2 unspecified atom stereocenters. The number of piperazine rings is 1. The topological polar surface area (TPSA) is 89.6 Å². The Bertz CT molecular complexity index is 1340.